The maximum Gasteiger partial charge on any atom is 0.351 e. The van der Waals surface area contributed by atoms with E-state index in [9.17, 15) is 9.59 Å². The van der Waals surface area contributed by atoms with E-state index < -0.39 is 11.6 Å². The van der Waals surface area contributed by atoms with Crippen LogP contribution in [0.4, 0.5) is 0 Å². The van der Waals surface area contributed by atoms with Gasteiger partial charge in [0.2, 0.25) is 0 Å². The number of carbonyl (C=O) groups excluding carboxylic acids is 1. The van der Waals surface area contributed by atoms with Crippen molar-refractivity contribution in [2.45, 2.75) is 33.1 Å². The van der Waals surface area contributed by atoms with Crippen LogP contribution in [0.1, 0.15) is 40.4 Å². The summed E-state index contributed by atoms with van der Waals surface area (Å²) < 4.78 is 10.7. The second-order valence-electron chi connectivity index (χ2n) is 6.65. The highest BCUT2D eigenvalue weighted by atomic mass is 16.5. The molecule has 0 saturated heterocycles. The van der Waals surface area contributed by atoms with E-state index in [1.54, 1.807) is 6.92 Å². The first-order valence-electron chi connectivity index (χ1n) is 8.96. The quantitative estimate of drug-likeness (QED) is 0.519. The summed E-state index contributed by atoms with van der Waals surface area (Å²) in [6, 6.07) is 11.8. The Bertz CT molecular complexity index is 1080. The van der Waals surface area contributed by atoms with Gasteiger partial charge in [-0.25, -0.2) is 9.59 Å². The van der Waals surface area contributed by atoms with Crippen LogP contribution in [0.15, 0.2) is 45.6 Å². The summed E-state index contributed by atoms with van der Waals surface area (Å²) in [6.45, 7) is 3.90. The van der Waals surface area contributed by atoms with Crippen LogP contribution in [0.25, 0.3) is 22.1 Å². The SMILES string of the molecule is CCOC(=O)c1c(-c2ccccc2C)c2cc3c(cc2oc1=O)CCC3. The van der Waals surface area contributed by atoms with E-state index in [1.807, 2.05) is 37.3 Å². The number of benzene rings is 2. The van der Waals surface area contributed by atoms with E-state index in [-0.39, 0.29) is 12.2 Å². The van der Waals surface area contributed by atoms with Gasteiger partial charge in [-0.05, 0) is 67.5 Å². The van der Waals surface area contributed by atoms with Crippen LogP contribution in [0.3, 0.4) is 0 Å². The molecule has 1 aliphatic rings. The minimum Gasteiger partial charge on any atom is -0.462 e. The highest BCUT2D eigenvalue weighted by Crippen LogP contribution is 2.36. The number of rotatable bonds is 3. The van der Waals surface area contributed by atoms with E-state index in [0.717, 1.165) is 35.8 Å². The molecule has 0 amide bonds. The lowest BCUT2D eigenvalue weighted by atomic mass is 9.92. The van der Waals surface area contributed by atoms with Gasteiger partial charge in [0, 0.05) is 10.9 Å². The van der Waals surface area contributed by atoms with Crippen molar-refractivity contribution in [3.63, 3.8) is 0 Å². The lowest BCUT2D eigenvalue weighted by molar-refractivity contribution is 0.0523. The van der Waals surface area contributed by atoms with Crippen LogP contribution in [-0.4, -0.2) is 12.6 Å². The molecule has 0 radical (unpaired) electrons. The summed E-state index contributed by atoms with van der Waals surface area (Å²) in [7, 11) is 0. The molecule has 1 aromatic heterocycles. The van der Waals surface area contributed by atoms with Gasteiger partial charge in [0.15, 0.2) is 5.56 Å². The fourth-order valence-electron chi connectivity index (χ4n) is 3.79. The van der Waals surface area contributed by atoms with Crippen LogP contribution in [0.2, 0.25) is 0 Å². The number of hydrogen-bond acceptors (Lipinski definition) is 4. The molecule has 0 fully saturated rings. The van der Waals surface area contributed by atoms with Gasteiger partial charge in [0.25, 0.3) is 0 Å². The Morgan fingerprint density at radius 3 is 2.62 bits per heavy atom. The summed E-state index contributed by atoms with van der Waals surface area (Å²) in [5.74, 6) is -0.637. The van der Waals surface area contributed by atoms with E-state index in [4.69, 9.17) is 9.15 Å². The molecule has 0 spiro atoms. The summed E-state index contributed by atoms with van der Waals surface area (Å²) >= 11 is 0. The van der Waals surface area contributed by atoms with Crippen LogP contribution in [-0.2, 0) is 17.6 Å². The van der Waals surface area contributed by atoms with Crippen molar-refractivity contribution in [1.29, 1.82) is 0 Å². The van der Waals surface area contributed by atoms with Gasteiger partial charge in [0.1, 0.15) is 5.58 Å². The van der Waals surface area contributed by atoms with Crippen molar-refractivity contribution < 1.29 is 13.9 Å². The number of fused-ring (bicyclic) bond motifs is 2. The molecule has 2 aromatic carbocycles. The van der Waals surface area contributed by atoms with E-state index in [1.165, 1.54) is 11.1 Å². The Morgan fingerprint density at radius 2 is 1.88 bits per heavy atom. The molecule has 0 bridgehead atoms. The number of hydrogen-bond donors (Lipinski definition) is 0. The van der Waals surface area contributed by atoms with Crippen molar-refractivity contribution in [3.8, 4) is 11.1 Å². The van der Waals surface area contributed by atoms with Crippen molar-refractivity contribution in [3.05, 3.63) is 69.1 Å². The van der Waals surface area contributed by atoms with Gasteiger partial charge >= 0.3 is 11.6 Å². The maximum absolute atomic E-state index is 12.7. The number of aryl methyl sites for hydroxylation is 3. The van der Waals surface area contributed by atoms with Gasteiger partial charge in [-0.15, -0.1) is 0 Å². The second kappa shape index (κ2) is 6.45. The zero-order valence-electron chi connectivity index (χ0n) is 14.9. The first kappa shape index (κ1) is 16.6. The predicted octanol–water partition coefficient (Wildman–Crippen LogP) is 4.43. The van der Waals surface area contributed by atoms with Crippen molar-refractivity contribution in [2.24, 2.45) is 0 Å². The van der Waals surface area contributed by atoms with Gasteiger partial charge in [-0.2, -0.15) is 0 Å². The Balaban J connectivity index is 2.13. The molecule has 3 aromatic rings. The monoisotopic (exact) mass is 348 g/mol. The highest BCUT2D eigenvalue weighted by Gasteiger charge is 2.25. The molecule has 0 N–H and O–H groups in total. The van der Waals surface area contributed by atoms with Crippen molar-refractivity contribution >= 4 is 16.9 Å². The summed E-state index contributed by atoms with van der Waals surface area (Å²) in [6.07, 6.45) is 3.10. The largest absolute Gasteiger partial charge is 0.462 e. The molecule has 4 nitrogen and oxygen atoms in total. The number of carbonyl (C=O) groups is 1. The molecule has 0 atom stereocenters. The second-order valence-corrected chi connectivity index (χ2v) is 6.65. The molecule has 0 saturated carbocycles. The van der Waals surface area contributed by atoms with Gasteiger partial charge in [-0.3, -0.25) is 0 Å². The van der Waals surface area contributed by atoms with E-state index >= 15 is 0 Å². The van der Waals surface area contributed by atoms with Gasteiger partial charge in [0.05, 0.1) is 6.61 Å². The third-order valence-electron chi connectivity index (χ3n) is 5.01. The first-order valence-corrected chi connectivity index (χ1v) is 8.96. The summed E-state index contributed by atoms with van der Waals surface area (Å²) in [5.41, 5.74) is 4.80. The highest BCUT2D eigenvalue weighted by molar-refractivity contribution is 6.06. The van der Waals surface area contributed by atoms with E-state index in [0.29, 0.717) is 11.1 Å². The Hall–Kier alpha value is -2.88. The lowest BCUT2D eigenvalue weighted by Crippen LogP contribution is -2.19. The molecular formula is C22H20O4. The average Bonchev–Trinajstić information content (AvgIpc) is 3.07. The Morgan fingerprint density at radius 1 is 1.15 bits per heavy atom. The zero-order chi connectivity index (χ0) is 18.3. The molecule has 1 heterocycles. The minimum absolute atomic E-state index is 0.0217. The van der Waals surface area contributed by atoms with Crippen LogP contribution in [0.5, 0.6) is 0 Å². The van der Waals surface area contributed by atoms with Gasteiger partial charge in [-0.1, -0.05) is 24.3 Å². The maximum atomic E-state index is 12.7. The van der Waals surface area contributed by atoms with Crippen LogP contribution >= 0.6 is 0 Å². The minimum atomic E-state index is -0.646. The zero-order valence-corrected chi connectivity index (χ0v) is 14.9. The predicted molar refractivity (Wildman–Crippen MR) is 101 cm³/mol. The molecule has 0 aliphatic heterocycles. The summed E-state index contributed by atoms with van der Waals surface area (Å²) in [5, 5.41) is 0.794. The molecule has 4 heteroatoms. The van der Waals surface area contributed by atoms with Crippen LogP contribution in [0, 0.1) is 6.92 Å². The lowest BCUT2D eigenvalue weighted by Gasteiger charge is -2.14. The third-order valence-corrected chi connectivity index (χ3v) is 5.01. The number of esters is 1. The van der Waals surface area contributed by atoms with E-state index in [2.05, 4.69) is 6.07 Å². The first-order chi connectivity index (χ1) is 12.6. The molecule has 26 heavy (non-hydrogen) atoms. The molecule has 132 valence electrons. The average molecular weight is 348 g/mol. The normalized spacial score (nSPS) is 13.0. The van der Waals surface area contributed by atoms with Crippen molar-refractivity contribution in [1.82, 2.24) is 0 Å². The molecular weight excluding hydrogens is 328 g/mol. The standard InChI is InChI=1S/C22H20O4/c1-3-25-21(23)20-19(16-10-5-4-7-13(16)2)17-11-14-8-6-9-15(14)12-18(17)26-22(20)24/h4-5,7,10-12H,3,6,8-9H2,1-2H3. The third kappa shape index (κ3) is 2.62. The van der Waals surface area contributed by atoms with Gasteiger partial charge < -0.3 is 9.15 Å². The van der Waals surface area contributed by atoms with Crippen molar-refractivity contribution in [2.75, 3.05) is 6.61 Å². The Kier molecular flexibility index (Phi) is 4.11. The molecule has 0 unspecified atom stereocenters. The number of ether oxygens (including phenoxy) is 1. The smallest absolute Gasteiger partial charge is 0.351 e. The molecule has 1 aliphatic carbocycles. The van der Waals surface area contributed by atoms with Crippen LogP contribution < -0.4 is 5.63 Å². The fourth-order valence-corrected chi connectivity index (χ4v) is 3.79. The fraction of sp³-hybridized carbons (Fsp3) is 0.273. The topological polar surface area (TPSA) is 56.5 Å². The Labute approximate surface area is 151 Å². The molecule has 4 rings (SSSR count). The summed E-state index contributed by atoms with van der Waals surface area (Å²) in [4.78, 5) is 25.3.